The molecule has 0 bridgehead atoms. The number of aliphatic hydroxyl groups is 1. The first-order valence-electron chi connectivity index (χ1n) is 9.01. The molecule has 0 aliphatic carbocycles. The topological polar surface area (TPSA) is 97.2 Å². The molecule has 154 valence electrons. The summed E-state index contributed by atoms with van der Waals surface area (Å²) in [6.45, 7) is 5.94. The molecule has 0 unspecified atom stereocenters. The van der Waals surface area contributed by atoms with E-state index in [-0.39, 0.29) is 30.3 Å². The van der Waals surface area contributed by atoms with Gasteiger partial charge in [-0.1, -0.05) is 36.2 Å². The third-order valence-electron chi connectivity index (χ3n) is 4.32. The number of hydrogen-bond donors (Lipinski definition) is 5. The van der Waals surface area contributed by atoms with Crippen LogP contribution in [0.15, 0.2) is 40.9 Å². The van der Waals surface area contributed by atoms with Gasteiger partial charge in [-0.3, -0.25) is 4.79 Å². The van der Waals surface area contributed by atoms with Gasteiger partial charge in [0.05, 0.1) is 10.0 Å². The summed E-state index contributed by atoms with van der Waals surface area (Å²) in [6, 6.07) is 5.37. The maximum atomic E-state index is 12.8. The normalized spacial score (nSPS) is 12.7. The fourth-order valence-electron chi connectivity index (χ4n) is 2.42. The summed E-state index contributed by atoms with van der Waals surface area (Å²) in [5.41, 5.74) is 2.90. The van der Waals surface area contributed by atoms with E-state index in [1.54, 1.807) is 26.1 Å². The number of nitrogens with one attached hydrogen (secondary N) is 4. The summed E-state index contributed by atoms with van der Waals surface area (Å²) < 4.78 is 0. The van der Waals surface area contributed by atoms with E-state index < -0.39 is 0 Å². The molecule has 0 saturated heterocycles. The third kappa shape index (κ3) is 6.86. The van der Waals surface area contributed by atoms with Crippen molar-refractivity contribution >= 4 is 34.8 Å². The second kappa shape index (κ2) is 11.7. The summed E-state index contributed by atoms with van der Waals surface area (Å²) in [4.78, 5) is 12.8. The Morgan fingerprint density at radius 3 is 2.43 bits per heavy atom. The van der Waals surface area contributed by atoms with Gasteiger partial charge in [0, 0.05) is 32.3 Å². The van der Waals surface area contributed by atoms with Gasteiger partial charge >= 0.3 is 0 Å². The maximum absolute atomic E-state index is 12.8. The highest BCUT2D eigenvalue weighted by Gasteiger charge is 2.16. The molecule has 0 atom stereocenters. The maximum Gasteiger partial charge on any atom is 0.273 e. The molecule has 0 aliphatic heterocycles. The zero-order valence-corrected chi connectivity index (χ0v) is 18.2. The largest absolute Gasteiger partial charge is 0.396 e. The van der Waals surface area contributed by atoms with Gasteiger partial charge < -0.3 is 26.5 Å². The molecule has 28 heavy (non-hydrogen) atoms. The standard InChI is InChI=1S/C20H28Cl2N4O2/c1-5-12(2)19(25-11-14-6-7-15(21)16(22)10-14)26-20(28)18(24-4)13(3)17(23)8-9-27/h6-7,10,23-25,27H,5,8-9,11H2,1-4H3,(H,26,28)/b18-13-,19-12-,23-17?. The number of carbonyl (C=O) groups is 1. The minimum Gasteiger partial charge on any atom is -0.396 e. The van der Waals surface area contributed by atoms with Crippen molar-refractivity contribution in [2.75, 3.05) is 13.7 Å². The third-order valence-corrected chi connectivity index (χ3v) is 5.05. The molecule has 0 aromatic heterocycles. The molecule has 6 nitrogen and oxygen atoms in total. The number of amides is 1. The van der Waals surface area contributed by atoms with Crippen LogP contribution >= 0.6 is 23.2 Å². The lowest BCUT2D eigenvalue weighted by molar-refractivity contribution is -0.117. The smallest absolute Gasteiger partial charge is 0.273 e. The van der Waals surface area contributed by atoms with Crippen LogP contribution in [-0.4, -0.2) is 30.4 Å². The molecule has 0 heterocycles. The van der Waals surface area contributed by atoms with Crippen molar-refractivity contribution in [3.8, 4) is 0 Å². The Labute approximate surface area is 176 Å². The summed E-state index contributed by atoms with van der Waals surface area (Å²) in [7, 11) is 1.63. The number of halogens is 2. The van der Waals surface area contributed by atoms with Gasteiger partial charge in [0.25, 0.3) is 5.91 Å². The molecule has 0 radical (unpaired) electrons. The molecular weight excluding hydrogens is 399 g/mol. The quantitative estimate of drug-likeness (QED) is 0.290. The predicted octanol–water partition coefficient (Wildman–Crippen LogP) is 3.74. The Morgan fingerprint density at radius 2 is 1.89 bits per heavy atom. The minimum absolute atomic E-state index is 0.139. The molecule has 0 aliphatic rings. The molecule has 8 heteroatoms. The van der Waals surface area contributed by atoms with E-state index in [0.29, 0.717) is 28.0 Å². The van der Waals surface area contributed by atoms with Gasteiger partial charge in [-0.05, 0) is 49.1 Å². The molecule has 1 rings (SSSR count). The van der Waals surface area contributed by atoms with Gasteiger partial charge in [-0.25, -0.2) is 0 Å². The monoisotopic (exact) mass is 426 g/mol. The van der Waals surface area contributed by atoms with Crippen LogP contribution in [0.4, 0.5) is 0 Å². The van der Waals surface area contributed by atoms with Gasteiger partial charge in [0.2, 0.25) is 0 Å². The molecule has 1 aromatic rings. The Hall–Kier alpha value is -2.02. The van der Waals surface area contributed by atoms with E-state index >= 15 is 0 Å². The zero-order chi connectivity index (χ0) is 21.3. The lowest BCUT2D eigenvalue weighted by Gasteiger charge is -2.18. The lowest BCUT2D eigenvalue weighted by atomic mass is 10.1. The fraction of sp³-hybridized carbons (Fsp3) is 0.400. The first-order valence-corrected chi connectivity index (χ1v) is 9.76. The Kier molecular flexibility index (Phi) is 10.1. The zero-order valence-electron chi connectivity index (χ0n) is 16.7. The highest BCUT2D eigenvalue weighted by Crippen LogP contribution is 2.22. The van der Waals surface area contributed by atoms with Crippen LogP contribution in [0.2, 0.25) is 10.0 Å². The lowest BCUT2D eigenvalue weighted by Crippen LogP contribution is -2.37. The summed E-state index contributed by atoms with van der Waals surface area (Å²) in [5.74, 6) is 0.250. The second-order valence-electron chi connectivity index (χ2n) is 6.27. The number of hydrogen-bond acceptors (Lipinski definition) is 5. The highest BCUT2D eigenvalue weighted by atomic mass is 35.5. The van der Waals surface area contributed by atoms with Crippen LogP contribution in [-0.2, 0) is 11.3 Å². The van der Waals surface area contributed by atoms with Crippen LogP contribution in [0, 0.1) is 5.41 Å². The molecule has 1 amide bonds. The van der Waals surface area contributed by atoms with Gasteiger partial charge in [-0.2, -0.15) is 0 Å². The SMILES string of the molecule is CC/C(C)=C(/NCc1ccc(Cl)c(Cl)c1)NC(=O)/C(NC)=C(\C)C(=N)CCO. The minimum atomic E-state index is -0.355. The fourth-order valence-corrected chi connectivity index (χ4v) is 2.74. The van der Waals surface area contributed by atoms with Crippen molar-refractivity contribution in [1.82, 2.24) is 16.0 Å². The summed E-state index contributed by atoms with van der Waals surface area (Å²) >= 11 is 12.0. The van der Waals surface area contributed by atoms with Crippen LogP contribution in [0.5, 0.6) is 0 Å². The predicted molar refractivity (Wildman–Crippen MR) is 116 cm³/mol. The number of carbonyl (C=O) groups excluding carboxylic acids is 1. The number of likely N-dealkylation sites (N-methyl/N-ethyl adjacent to an activating group) is 1. The number of aliphatic hydroxyl groups excluding tert-OH is 1. The van der Waals surface area contributed by atoms with E-state index in [0.717, 1.165) is 17.6 Å². The molecule has 0 spiro atoms. The van der Waals surface area contributed by atoms with E-state index in [9.17, 15) is 4.79 Å². The number of benzene rings is 1. The van der Waals surface area contributed by atoms with Crippen molar-refractivity contribution in [3.05, 3.63) is 56.5 Å². The van der Waals surface area contributed by atoms with E-state index in [4.69, 9.17) is 33.7 Å². The van der Waals surface area contributed by atoms with E-state index in [1.165, 1.54) is 0 Å². The van der Waals surface area contributed by atoms with Crippen molar-refractivity contribution in [3.63, 3.8) is 0 Å². The van der Waals surface area contributed by atoms with Crippen molar-refractivity contribution < 1.29 is 9.90 Å². The van der Waals surface area contributed by atoms with Gasteiger partial charge in [0.1, 0.15) is 11.5 Å². The van der Waals surface area contributed by atoms with Crippen LogP contribution in [0.25, 0.3) is 0 Å². The number of rotatable bonds is 10. The van der Waals surface area contributed by atoms with Crippen molar-refractivity contribution in [2.24, 2.45) is 0 Å². The van der Waals surface area contributed by atoms with E-state index in [1.807, 2.05) is 19.9 Å². The average Bonchev–Trinajstić information content (AvgIpc) is 2.67. The van der Waals surface area contributed by atoms with Gasteiger partial charge in [-0.15, -0.1) is 0 Å². The first kappa shape index (κ1) is 24.0. The molecule has 0 saturated carbocycles. The first-order chi connectivity index (χ1) is 13.2. The Morgan fingerprint density at radius 1 is 1.21 bits per heavy atom. The molecule has 5 N–H and O–H groups in total. The number of allylic oxidation sites excluding steroid dienone is 2. The van der Waals surface area contributed by atoms with Crippen molar-refractivity contribution in [1.29, 1.82) is 5.41 Å². The summed E-state index contributed by atoms with van der Waals surface area (Å²) in [6.07, 6.45) is 0.943. The highest BCUT2D eigenvalue weighted by molar-refractivity contribution is 6.42. The van der Waals surface area contributed by atoms with Gasteiger partial charge in [0.15, 0.2) is 0 Å². The second-order valence-corrected chi connectivity index (χ2v) is 7.08. The van der Waals surface area contributed by atoms with Crippen LogP contribution < -0.4 is 16.0 Å². The Bertz CT molecular complexity index is 788. The molecule has 1 aromatic carbocycles. The summed E-state index contributed by atoms with van der Waals surface area (Å²) in [5, 5.41) is 26.9. The van der Waals surface area contributed by atoms with Crippen LogP contribution in [0.1, 0.15) is 39.2 Å². The molecule has 0 fully saturated rings. The van der Waals surface area contributed by atoms with Crippen molar-refractivity contribution in [2.45, 2.75) is 40.2 Å². The molecular formula is C20H28Cl2N4O2. The average molecular weight is 427 g/mol. The Balaban J connectivity index is 2.99. The van der Waals surface area contributed by atoms with Crippen LogP contribution in [0.3, 0.4) is 0 Å². The van der Waals surface area contributed by atoms with E-state index in [2.05, 4.69) is 16.0 Å².